The van der Waals surface area contributed by atoms with Crippen LogP contribution in [0.3, 0.4) is 0 Å². The number of carbonyl (C=O) groups is 1. The highest BCUT2D eigenvalue weighted by molar-refractivity contribution is 6.01. The van der Waals surface area contributed by atoms with Crippen LogP contribution in [0.5, 0.6) is 5.75 Å². The van der Waals surface area contributed by atoms with E-state index in [9.17, 15) is 4.79 Å². The average molecular weight is 411 g/mol. The molecule has 0 fully saturated rings. The van der Waals surface area contributed by atoms with Crippen molar-refractivity contribution in [2.24, 2.45) is 0 Å². The van der Waals surface area contributed by atoms with Crippen molar-refractivity contribution in [3.63, 3.8) is 0 Å². The Morgan fingerprint density at radius 3 is 2.23 bits per heavy atom. The van der Waals surface area contributed by atoms with Crippen LogP contribution in [0.4, 0.5) is 11.4 Å². The predicted molar refractivity (Wildman–Crippen MR) is 125 cm³/mol. The molecular weight excluding hydrogens is 384 g/mol. The maximum atomic E-state index is 13.5. The zero-order valence-electron chi connectivity index (χ0n) is 17.8. The number of ether oxygens (including phenoxy) is 1. The van der Waals surface area contributed by atoms with Crippen LogP contribution in [0.2, 0.25) is 0 Å². The van der Waals surface area contributed by atoms with E-state index in [4.69, 9.17) is 4.74 Å². The fraction of sp³-hybridized carbons (Fsp3) is 0.222. The molecule has 0 saturated carbocycles. The SMILES string of the molecule is COc1ccc([C@@H]2Nc3ccccc3NC3=C2C(=O)C[C@H](c2ccc(C)cc2)C3)cc1. The molecule has 0 spiro atoms. The van der Waals surface area contributed by atoms with Crippen LogP contribution in [0, 0.1) is 6.92 Å². The van der Waals surface area contributed by atoms with Crippen molar-refractivity contribution < 1.29 is 9.53 Å². The highest BCUT2D eigenvalue weighted by Crippen LogP contribution is 2.44. The molecule has 5 rings (SSSR count). The third-order valence-corrected chi connectivity index (χ3v) is 6.31. The molecule has 156 valence electrons. The number of fused-ring (bicyclic) bond motifs is 1. The number of methoxy groups -OCH3 is 1. The standard InChI is InChI=1S/C27H26N2O2/c1-17-7-9-18(10-8-17)20-15-24-26(25(30)16-20)27(19-11-13-21(31-2)14-12-19)29-23-6-4-3-5-22(23)28-24/h3-14,20,27-29H,15-16H2,1-2H3/t20-,27+/m1/s1. The van der Waals surface area contributed by atoms with Crippen molar-refractivity contribution in [2.45, 2.75) is 31.7 Å². The van der Waals surface area contributed by atoms with Gasteiger partial charge in [0.05, 0.1) is 24.5 Å². The quantitative estimate of drug-likeness (QED) is 0.557. The molecule has 0 radical (unpaired) electrons. The van der Waals surface area contributed by atoms with Gasteiger partial charge in [0.2, 0.25) is 0 Å². The Hall–Kier alpha value is -3.53. The minimum Gasteiger partial charge on any atom is -0.497 e. The molecule has 4 heteroatoms. The van der Waals surface area contributed by atoms with Gasteiger partial charge in [-0.1, -0.05) is 54.1 Å². The fourth-order valence-corrected chi connectivity index (χ4v) is 4.61. The number of ketones is 1. The third kappa shape index (κ3) is 3.70. The average Bonchev–Trinajstić information content (AvgIpc) is 2.96. The van der Waals surface area contributed by atoms with E-state index in [2.05, 4.69) is 54.0 Å². The molecular formula is C27H26N2O2. The minimum atomic E-state index is -0.205. The van der Waals surface area contributed by atoms with Crippen molar-refractivity contribution in [2.75, 3.05) is 17.7 Å². The highest BCUT2D eigenvalue weighted by atomic mass is 16.5. The van der Waals surface area contributed by atoms with Gasteiger partial charge in [-0.3, -0.25) is 4.79 Å². The summed E-state index contributed by atoms with van der Waals surface area (Å²) < 4.78 is 5.32. The van der Waals surface area contributed by atoms with Crippen LogP contribution in [0.15, 0.2) is 84.1 Å². The Kier molecular flexibility index (Phi) is 4.99. The van der Waals surface area contributed by atoms with Crippen molar-refractivity contribution in [3.05, 3.63) is 101 Å². The summed E-state index contributed by atoms with van der Waals surface area (Å²) in [5, 5.41) is 7.22. The van der Waals surface area contributed by atoms with E-state index >= 15 is 0 Å². The van der Waals surface area contributed by atoms with E-state index in [0.717, 1.165) is 40.4 Å². The molecule has 0 bridgehead atoms. The van der Waals surface area contributed by atoms with E-state index in [0.29, 0.717) is 6.42 Å². The second-order valence-corrected chi connectivity index (χ2v) is 8.35. The van der Waals surface area contributed by atoms with Crippen molar-refractivity contribution in [1.82, 2.24) is 0 Å². The number of aryl methyl sites for hydroxylation is 1. The van der Waals surface area contributed by atoms with Crippen LogP contribution in [-0.4, -0.2) is 12.9 Å². The number of rotatable bonds is 3. The summed E-state index contributed by atoms with van der Waals surface area (Å²) in [6.07, 6.45) is 1.33. The van der Waals surface area contributed by atoms with Gasteiger partial charge < -0.3 is 15.4 Å². The van der Waals surface area contributed by atoms with Crippen molar-refractivity contribution in [1.29, 1.82) is 0 Å². The Morgan fingerprint density at radius 2 is 1.52 bits per heavy atom. The molecule has 31 heavy (non-hydrogen) atoms. The zero-order valence-corrected chi connectivity index (χ0v) is 17.8. The molecule has 0 amide bonds. The second-order valence-electron chi connectivity index (χ2n) is 8.35. The molecule has 3 aromatic rings. The molecule has 3 aromatic carbocycles. The Morgan fingerprint density at radius 1 is 0.839 bits per heavy atom. The molecule has 1 aliphatic heterocycles. The lowest BCUT2D eigenvalue weighted by Crippen LogP contribution is -2.26. The number of allylic oxidation sites excluding steroid dienone is 1. The molecule has 2 N–H and O–H groups in total. The third-order valence-electron chi connectivity index (χ3n) is 6.31. The van der Waals surface area contributed by atoms with Gasteiger partial charge in [0, 0.05) is 17.7 Å². The number of hydrogen-bond acceptors (Lipinski definition) is 4. The lowest BCUT2D eigenvalue weighted by Gasteiger charge is -2.30. The molecule has 0 aromatic heterocycles. The number of carbonyl (C=O) groups excluding carboxylic acids is 1. The maximum Gasteiger partial charge on any atom is 0.163 e. The molecule has 2 aliphatic rings. The number of nitrogens with one attached hydrogen (secondary N) is 2. The van der Waals surface area contributed by atoms with E-state index < -0.39 is 0 Å². The van der Waals surface area contributed by atoms with Crippen molar-refractivity contribution >= 4 is 17.2 Å². The zero-order chi connectivity index (χ0) is 21.4. The van der Waals surface area contributed by atoms with Crippen LogP contribution < -0.4 is 15.4 Å². The summed E-state index contributed by atoms with van der Waals surface area (Å²) in [6, 6.07) is 24.5. The molecule has 0 saturated heterocycles. The van der Waals surface area contributed by atoms with Gasteiger partial charge in [-0.15, -0.1) is 0 Å². The van der Waals surface area contributed by atoms with Gasteiger partial charge in [0.15, 0.2) is 5.78 Å². The van der Waals surface area contributed by atoms with Crippen molar-refractivity contribution in [3.8, 4) is 5.75 Å². The van der Waals surface area contributed by atoms with Gasteiger partial charge in [0.25, 0.3) is 0 Å². The highest BCUT2D eigenvalue weighted by Gasteiger charge is 2.36. The Balaban J connectivity index is 1.58. The number of para-hydroxylation sites is 2. The van der Waals surface area contributed by atoms with E-state index in [1.165, 1.54) is 11.1 Å². The topological polar surface area (TPSA) is 50.4 Å². The van der Waals surface area contributed by atoms with Crippen LogP contribution >= 0.6 is 0 Å². The monoisotopic (exact) mass is 410 g/mol. The minimum absolute atomic E-state index is 0.182. The number of hydrogen-bond donors (Lipinski definition) is 2. The maximum absolute atomic E-state index is 13.5. The number of Topliss-reactive ketones (excluding diaryl/α,β-unsaturated/α-hetero) is 1. The van der Waals surface area contributed by atoms with Gasteiger partial charge in [-0.2, -0.15) is 0 Å². The number of anilines is 2. The lowest BCUT2D eigenvalue weighted by atomic mass is 9.78. The van der Waals surface area contributed by atoms with Crippen LogP contribution in [0.1, 0.15) is 41.5 Å². The summed E-state index contributed by atoms with van der Waals surface area (Å²) in [7, 11) is 1.66. The van der Waals surface area contributed by atoms with Gasteiger partial charge in [-0.05, 0) is 54.7 Å². The molecule has 0 unspecified atom stereocenters. The normalized spacial score (nSPS) is 20.1. The summed E-state index contributed by atoms with van der Waals surface area (Å²) in [5.74, 6) is 1.18. The molecule has 2 atom stereocenters. The summed E-state index contributed by atoms with van der Waals surface area (Å²) in [4.78, 5) is 13.5. The molecule has 1 aliphatic carbocycles. The first kappa shape index (κ1) is 19.4. The first-order valence-electron chi connectivity index (χ1n) is 10.7. The van der Waals surface area contributed by atoms with Gasteiger partial charge >= 0.3 is 0 Å². The van der Waals surface area contributed by atoms with Crippen LogP contribution in [0.25, 0.3) is 0 Å². The molecule has 1 heterocycles. The predicted octanol–water partition coefficient (Wildman–Crippen LogP) is 5.98. The summed E-state index contributed by atoms with van der Waals surface area (Å²) in [5.41, 5.74) is 7.36. The second kappa shape index (κ2) is 7.95. The Bertz CT molecular complexity index is 1150. The van der Waals surface area contributed by atoms with E-state index in [1.807, 2.05) is 36.4 Å². The van der Waals surface area contributed by atoms with Crippen LogP contribution in [-0.2, 0) is 4.79 Å². The first-order chi connectivity index (χ1) is 15.1. The van der Waals surface area contributed by atoms with Gasteiger partial charge in [-0.25, -0.2) is 0 Å². The lowest BCUT2D eigenvalue weighted by molar-refractivity contribution is -0.116. The summed E-state index contributed by atoms with van der Waals surface area (Å²) >= 11 is 0. The largest absolute Gasteiger partial charge is 0.497 e. The Labute approximate surface area is 183 Å². The smallest absolute Gasteiger partial charge is 0.163 e. The fourth-order valence-electron chi connectivity index (χ4n) is 4.61. The van der Waals surface area contributed by atoms with E-state index in [-0.39, 0.29) is 17.7 Å². The summed E-state index contributed by atoms with van der Waals surface area (Å²) in [6.45, 7) is 2.09. The number of benzene rings is 3. The van der Waals surface area contributed by atoms with Gasteiger partial charge in [0.1, 0.15) is 5.75 Å². The first-order valence-corrected chi connectivity index (χ1v) is 10.7. The molecule has 4 nitrogen and oxygen atoms in total. The van der Waals surface area contributed by atoms with E-state index in [1.54, 1.807) is 7.11 Å².